The van der Waals surface area contributed by atoms with Gasteiger partial charge in [0.15, 0.2) is 0 Å². The van der Waals surface area contributed by atoms with E-state index in [1.54, 1.807) is 0 Å². The van der Waals surface area contributed by atoms with Crippen molar-refractivity contribution >= 4 is 5.82 Å². The molecule has 0 amide bonds. The minimum atomic E-state index is 0.257. The SMILES string of the molecule is CCN(CCCO)Cc1ccc(NC)nc1. The normalized spacial score (nSPS) is 10.8. The van der Waals surface area contributed by atoms with Crippen molar-refractivity contribution in [1.82, 2.24) is 9.88 Å². The molecule has 0 saturated carbocycles. The third-order valence-corrected chi connectivity index (χ3v) is 2.57. The van der Waals surface area contributed by atoms with Crippen LogP contribution in [-0.2, 0) is 6.54 Å². The number of anilines is 1. The second kappa shape index (κ2) is 7.19. The Morgan fingerprint density at radius 1 is 1.44 bits per heavy atom. The number of nitrogens with one attached hydrogen (secondary N) is 1. The Bertz CT molecular complexity index is 287. The third kappa shape index (κ3) is 4.16. The highest BCUT2D eigenvalue weighted by atomic mass is 16.3. The smallest absolute Gasteiger partial charge is 0.125 e. The Hall–Kier alpha value is -1.13. The number of nitrogens with zero attached hydrogens (tertiary/aromatic N) is 2. The molecule has 0 aliphatic carbocycles. The lowest BCUT2D eigenvalue weighted by Crippen LogP contribution is -2.24. The largest absolute Gasteiger partial charge is 0.396 e. The summed E-state index contributed by atoms with van der Waals surface area (Å²) in [5, 5.41) is 11.8. The van der Waals surface area contributed by atoms with Crippen LogP contribution in [0, 0.1) is 0 Å². The van der Waals surface area contributed by atoms with Gasteiger partial charge in [0.1, 0.15) is 5.82 Å². The summed E-state index contributed by atoms with van der Waals surface area (Å²) in [6.45, 7) is 5.21. The van der Waals surface area contributed by atoms with Crippen molar-refractivity contribution in [3.8, 4) is 0 Å². The lowest BCUT2D eigenvalue weighted by molar-refractivity contribution is 0.225. The summed E-state index contributed by atoms with van der Waals surface area (Å²) in [6, 6.07) is 4.07. The molecular weight excluding hydrogens is 202 g/mol. The zero-order valence-electron chi connectivity index (χ0n) is 10.1. The van der Waals surface area contributed by atoms with E-state index in [4.69, 9.17) is 5.11 Å². The zero-order valence-corrected chi connectivity index (χ0v) is 10.1. The standard InChI is InChI=1S/C12H21N3O/c1-3-15(7-4-8-16)10-11-5-6-12(13-2)14-9-11/h5-6,9,16H,3-4,7-8,10H2,1-2H3,(H,13,14). The van der Waals surface area contributed by atoms with Gasteiger partial charge in [0.2, 0.25) is 0 Å². The molecule has 2 N–H and O–H groups in total. The van der Waals surface area contributed by atoms with E-state index in [2.05, 4.69) is 28.2 Å². The molecule has 0 spiro atoms. The number of rotatable bonds is 7. The van der Waals surface area contributed by atoms with Gasteiger partial charge in [0, 0.05) is 32.9 Å². The average molecular weight is 223 g/mol. The number of aliphatic hydroxyl groups is 1. The van der Waals surface area contributed by atoms with E-state index in [0.717, 1.165) is 31.9 Å². The summed E-state index contributed by atoms with van der Waals surface area (Å²) in [4.78, 5) is 6.58. The van der Waals surface area contributed by atoms with E-state index in [-0.39, 0.29) is 6.61 Å². The van der Waals surface area contributed by atoms with Crippen LogP contribution in [0.25, 0.3) is 0 Å². The van der Waals surface area contributed by atoms with Gasteiger partial charge in [-0.25, -0.2) is 4.98 Å². The predicted octanol–water partition coefficient (Wildman–Crippen LogP) is 1.33. The molecule has 1 heterocycles. The summed E-state index contributed by atoms with van der Waals surface area (Å²) in [7, 11) is 1.86. The maximum Gasteiger partial charge on any atom is 0.125 e. The Morgan fingerprint density at radius 2 is 2.25 bits per heavy atom. The second-order valence-electron chi connectivity index (χ2n) is 3.75. The lowest BCUT2D eigenvalue weighted by Gasteiger charge is -2.19. The first-order chi connectivity index (χ1) is 7.80. The molecule has 0 unspecified atom stereocenters. The van der Waals surface area contributed by atoms with Crippen LogP contribution < -0.4 is 5.32 Å². The van der Waals surface area contributed by atoms with Crippen molar-refractivity contribution in [3.05, 3.63) is 23.9 Å². The van der Waals surface area contributed by atoms with Crippen LogP contribution in [0.4, 0.5) is 5.82 Å². The molecule has 0 bridgehead atoms. The molecule has 90 valence electrons. The van der Waals surface area contributed by atoms with E-state index in [1.807, 2.05) is 19.3 Å². The van der Waals surface area contributed by atoms with Gasteiger partial charge >= 0.3 is 0 Å². The molecular formula is C12H21N3O. The van der Waals surface area contributed by atoms with Crippen molar-refractivity contribution in [2.75, 3.05) is 32.1 Å². The summed E-state index contributed by atoms with van der Waals surface area (Å²) in [5.41, 5.74) is 1.21. The van der Waals surface area contributed by atoms with Crippen LogP contribution in [0.3, 0.4) is 0 Å². The van der Waals surface area contributed by atoms with E-state index in [1.165, 1.54) is 5.56 Å². The topological polar surface area (TPSA) is 48.4 Å². The van der Waals surface area contributed by atoms with Crippen LogP contribution in [0.5, 0.6) is 0 Å². The second-order valence-corrected chi connectivity index (χ2v) is 3.75. The molecule has 16 heavy (non-hydrogen) atoms. The quantitative estimate of drug-likeness (QED) is 0.732. The van der Waals surface area contributed by atoms with Crippen molar-refractivity contribution < 1.29 is 5.11 Å². The third-order valence-electron chi connectivity index (χ3n) is 2.57. The van der Waals surface area contributed by atoms with Crippen LogP contribution in [-0.4, -0.2) is 41.7 Å². The fourth-order valence-electron chi connectivity index (χ4n) is 1.57. The van der Waals surface area contributed by atoms with E-state index < -0.39 is 0 Å². The number of pyridine rings is 1. The summed E-state index contributed by atoms with van der Waals surface area (Å²) < 4.78 is 0. The van der Waals surface area contributed by atoms with Gasteiger partial charge in [-0.05, 0) is 24.6 Å². The maximum atomic E-state index is 8.80. The fraction of sp³-hybridized carbons (Fsp3) is 0.583. The number of hydrogen-bond donors (Lipinski definition) is 2. The average Bonchev–Trinajstić information content (AvgIpc) is 2.35. The van der Waals surface area contributed by atoms with Gasteiger partial charge in [-0.1, -0.05) is 13.0 Å². The van der Waals surface area contributed by atoms with E-state index >= 15 is 0 Å². The minimum Gasteiger partial charge on any atom is -0.396 e. The monoisotopic (exact) mass is 223 g/mol. The Balaban J connectivity index is 2.49. The molecule has 1 aromatic rings. The van der Waals surface area contributed by atoms with Gasteiger partial charge in [0.25, 0.3) is 0 Å². The maximum absolute atomic E-state index is 8.80. The summed E-state index contributed by atoms with van der Waals surface area (Å²) in [6.07, 6.45) is 2.73. The van der Waals surface area contributed by atoms with Crippen molar-refractivity contribution in [2.24, 2.45) is 0 Å². The molecule has 0 saturated heterocycles. The van der Waals surface area contributed by atoms with E-state index in [0.29, 0.717) is 0 Å². The highest BCUT2D eigenvalue weighted by Gasteiger charge is 2.03. The molecule has 0 aliphatic rings. The molecule has 0 atom stereocenters. The first-order valence-electron chi connectivity index (χ1n) is 5.76. The van der Waals surface area contributed by atoms with Crippen LogP contribution in [0.2, 0.25) is 0 Å². The first kappa shape index (κ1) is 12.9. The van der Waals surface area contributed by atoms with E-state index in [9.17, 15) is 0 Å². The van der Waals surface area contributed by atoms with Crippen LogP contribution >= 0.6 is 0 Å². The minimum absolute atomic E-state index is 0.257. The predicted molar refractivity (Wildman–Crippen MR) is 66.4 cm³/mol. The zero-order chi connectivity index (χ0) is 11.8. The Kier molecular flexibility index (Phi) is 5.82. The molecule has 1 aromatic heterocycles. The number of aliphatic hydroxyl groups excluding tert-OH is 1. The fourth-order valence-corrected chi connectivity index (χ4v) is 1.57. The molecule has 0 radical (unpaired) electrons. The lowest BCUT2D eigenvalue weighted by atomic mass is 10.2. The number of hydrogen-bond acceptors (Lipinski definition) is 4. The Morgan fingerprint density at radius 3 is 2.75 bits per heavy atom. The van der Waals surface area contributed by atoms with Gasteiger partial charge in [0.05, 0.1) is 0 Å². The van der Waals surface area contributed by atoms with Gasteiger partial charge in [-0.3, -0.25) is 4.90 Å². The highest BCUT2D eigenvalue weighted by Crippen LogP contribution is 2.07. The number of aromatic nitrogens is 1. The summed E-state index contributed by atoms with van der Waals surface area (Å²) in [5.74, 6) is 0.891. The van der Waals surface area contributed by atoms with Crippen molar-refractivity contribution in [2.45, 2.75) is 19.9 Å². The van der Waals surface area contributed by atoms with Crippen molar-refractivity contribution in [1.29, 1.82) is 0 Å². The van der Waals surface area contributed by atoms with Crippen LogP contribution in [0.1, 0.15) is 18.9 Å². The van der Waals surface area contributed by atoms with Crippen LogP contribution in [0.15, 0.2) is 18.3 Å². The molecule has 0 aromatic carbocycles. The van der Waals surface area contributed by atoms with Gasteiger partial charge in [-0.2, -0.15) is 0 Å². The first-order valence-corrected chi connectivity index (χ1v) is 5.76. The Labute approximate surface area is 97.3 Å². The molecule has 4 heteroatoms. The summed E-state index contributed by atoms with van der Waals surface area (Å²) >= 11 is 0. The van der Waals surface area contributed by atoms with Crippen molar-refractivity contribution in [3.63, 3.8) is 0 Å². The molecule has 4 nitrogen and oxygen atoms in total. The molecule has 0 fully saturated rings. The highest BCUT2D eigenvalue weighted by molar-refractivity contribution is 5.34. The molecule has 1 rings (SSSR count). The van der Waals surface area contributed by atoms with Gasteiger partial charge in [-0.15, -0.1) is 0 Å². The molecule has 0 aliphatic heterocycles. The van der Waals surface area contributed by atoms with Gasteiger partial charge < -0.3 is 10.4 Å².